The molecule has 0 aliphatic rings. The number of H-pyrrole nitrogens is 1. The van der Waals surface area contributed by atoms with Crippen LogP contribution in [0, 0.1) is 6.92 Å². The maximum atomic E-state index is 5.90. The number of nitrogens with zero attached hydrogens (tertiary/aromatic N) is 2. The van der Waals surface area contributed by atoms with Gasteiger partial charge in [-0.05, 0) is 19.9 Å². The summed E-state index contributed by atoms with van der Waals surface area (Å²) < 4.78 is 0. The summed E-state index contributed by atoms with van der Waals surface area (Å²) in [6, 6.07) is 8.07. The molecule has 1 aromatic carbocycles. The zero-order chi connectivity index (χ0) is 10.8. The maximum Gasteiger partial charge on any atom is 0.181 e. The number of alkyl halides is 1. The molecule has 0 spiro atoms. The van der Waals surface area contributed by atoms with Crippen LogP contribution in [0.4, 0.5) is 0 Å². The number of nitrogens with one attached hydrogen (secondary N) is 1. The zero-order valence-electron chi connectivity index (χ0n) is 8.66. The van der Waals surface area contributed by atoms with E-state index in [9.17, 15) is 0 Å². The fourth-order valence-corrected chi connectivity index (χ4v) is 1.46. The summed E-state index contributed by atoms with van der Waals surface area (Å²) in [5.41, 5.74) is 2.20. The van der Waals surface area contributed by atoms with E-state index in [4.69, 9.17) is 11.6 Å². The van der Waals surface area contributed by atoms with Crippen molar-refractivity contribution in [2.45, 2.75) is 19.2 Å². The van der Waals surface area contributed by atoms with Gasteiger partial charge in [-0.2, -0.15) is 5.10 Å². The molecule has 0 bridgehead atoms. The standard InChI is InChI=1S/C11H12ClN3/c1-7-4-3-5-9(6-7)11-13-10(8(2)12)14-15-11/h3-6,8H,1-2H3,(H,13,14,15). The average Bonchev–Trinajstić information content (AvgIpc) is 2.66. The number of benzene rings is 1. The highest BCUT2D eigenvalue weighted by Gasteiger charge is 2.09. The Morgan fingerprint density at radius 2 is 2.20 bits per heavy atom. The van der Waals surface area contributed by atoms with E-state index >= 15 is 0 Å². The topological polar surface area (TPSA) is 41.6 Å². The quantitative estimate of drug-likeness (QED) is 0.792. The van der Waals surface area contributed by atoms with Crippen LogP contribution in [-0.2, 0) is 0 Å². The van der Waals surface area contributed by atoms with Crippen molar-refractivity contribution in [2.75, 3.05) is 0 Å². The van der Waals surface area contributed by atoms with Crippen LogP contribution in [0.5, 0.6) is 0 Å². The molecule has 1 N–H and O–H groups in total. The number of hydrogen-bond donors (Lipinski definition) is 1. The molecular formula is C11H12ClN3. The van der Waals surface area contributed by atoms with Crippen molar-refractivity contribution in [2.24, 2.45) is 0 Å². The highest BCUT2D eigenvalue weighted by Crippen LogP contribution is 2.20. The van der Waals surface area contributed by atoms with E-state index in [1.54, 1.807) is 0 Å². The molecule has 0 saturated carbocycles. The Morgan fingerprint density at radius 3 is 2.80 bits per heavy atom. The molecule has 0 aliphatic heterocycles. The van der Waals surface area contributed by atoms with Gasteiger partial charge in [-0.25, -0.2) is 4.98 Å². The number of hydrogen-bond acceptors (Lipinski definition) is 2. The molecule has 2 aromatic rings. The van der Waals surface area contributed by atoms with Crippen molar-refractivity contribution in [3.8, 4) is 11.4 Å². The summed E-state index contributed by atoms with van der Waals surface area (Å²) in [5.74, 6) is 1.40. The molecule has 0 fully saturated rings. The van der Waals surface area contributed by atoms with E-state index in [1.807, 2.05) is 38.1 Å². The first-order chi connectivity index (χ1) is 7.16. The maximum absolute atomic E-state index is 5.90. The van der Waals surface area contributed by atoms with Gasteiger partial charge in [-0.15, -0.1) is 11.6 Å². The number of aromatic amines is 1. The molecular weight excluding hydrogens is 210 g/mol. The van der Waals surface area contributed by atoms with Crippen LogP contribution in [0.3, 0.4) is 0 Å². The van der Waals surface area contributed by atoms with Gasteiger partial charge < -0.3 is 0 Å². The van der Waals surface area contributed by atoms with Crippen LogP contribution in [0.1, 0.15) is 23.7 Å². The lowest BCUT2D eigenvalue weighted by Gasteiger charge is -1.96. The fraction of sp³-hybridized carbons (Fsp3) is 0.273. The predicted molar refractivity (Wildman–Crippen MR) is 60.8 cm³/mol. The van der Waals surface area contributed by atoms with Gasteiger partial charge in [-0.3, -0.25) is 5.10 Å². The summed E-state index contributed by atoms with van der Waals surface area (Å²) in [6.45, 7) is 3.91. The van der Waals surface area contributed by atoms with Crippen LogP contribution in [0.15, 0.2) is 24.3 Å². The van der Waals surface area contributed by atoms with Gasteiger partial charge in [0.2, 0.25) is 0 Å². The molecule has 1 atom stereocenters. The number of aryl methyl sites for hydroxylation is 1. The monoisotopic (exact) mass is 221 g/mol. The molecule has 78 valence electrons. The van der Waals surface area contributed by atoms with Crippen molar-refractivity contribution in [1.82, 2.24) is 15.2 Å². The van der Waals surface area contributed by atoms with E-state index < -0.39 is 0 Å². The summed E-state index contributed by atoms with van der Waals surface area (Å²) in [7, 11) is 0. The Hall–Kier alpha value is -1.35. The van der Waals surface area contributed by atoms with Crippen LogP contribution < -0.4 is 0 Å². The minimum atomic E-state index is -0.143. The molecule has 0 saturated heterocycles. The van der Waals surface area contributed by atoms with Gasteiger partial charge in [0.05, 0.1) is 5.38 Å². The minimum absolute atomic E-state index is 0.143. The Balaban J connectivity index is 2.37. The van der Waals surface area contributed by atoms with Gasteiger partial charge in [0.1, 0.15) is 5.82 Å². The third-order valence-corrected chi connectivity index (χ3v) is 2.36. The van der Waals surface area contributed by atoms with Gasteiger partial charge >= 0.3 is 0 Å². The minimum Gasteiger partial charge on any atom is -0.261 e. The molecule has 15 heavy (non-hydrogen) atoms. The predicted octanol–water partition coefficient (Wildman–Crippen LogP) is 3.08. The first kappa shape index (κ1) is 10.2. The SMILES string of the molecule is Cc1cccc(-c2n[nH]c(C(C)Cl)n2)c1. The molecule has 0 radical (unpaired) electrons. The van der Waals surface area contributed by atoms with Crippen LogP contribution in [0.2, 0.25) is 0 Å². The zero-order valence-corrected chi connectivity index (χ0v) is 9.42. The van der Waals surface area contributed by atoms with Crippen molar-refractivity contribution < 1.29 is 0 Å². The molecule has 0 aliphatic carbocycles. The van der Waals surface area contributed by atoms with E-state index in [-0.39, 0.29) is 5.38 Å². The number of rotatable bonds is 2. The van der Waals surface area contributed by atoms with E-state index in [0.29, 0.717) is 11.6 Å². The van der Waals surface area contributed by atoms with Crippen LogP contribution >= 0.6 is 11.6 Å². The van der Waals surface area contributed by atoms with Crippen LogP contribution in [-0.4, -0.2) is 15.2 Å². The summed E-state index contributed by atoms with van der Waals surface area (Å²) in [6.07, 6.45) is 0. The lowest BCUT2D eigenvalue weighted by molar-refractivity contribution is 0.918. The molecule has 1 heterocycles. The molecule has 4 heteroatoms. The van der Waals surface area contributed by atoms with Crippen LogP contribution in [0.25, 0.3) is 11.4 Å². The average molecular weight is 222 g/mol. The first-order valence-corrected chi connectivity index (χ1v) is 5.24. The Bertz CT molecular complexity index is 462. The largest absolute Gasteiger partial charge is 0.261 e. The summed E-state index contributed by atoms with van der Waals surface area (Å²) in [5, 5.41) is 6.82. The van der Waals surface area contributed by atoms with E-state index in [0.717, 1.165) is 5.56 Å². The van der Waals surface area contributed by atoms with E-state index in [1.165, 1.54) is 5.56 Å². The lowest BCUT2D eigenvalue weighted by atomic mass is 10.1. The molecule has 1 aromatic heterocycles. The summed E-state index contributed by atoms with van der Waals surface area (Å²) in [4.78, 5) is 4.32. The summed E-state index contributed by atoms with van der Waals surface area (Å²) >= 11 is 5.90. The Kier molecular flexibility index (Phi) is 2.73. The van der Waals surface area contributed by atoms with Crippen molar-refractivity contribution in [3.63, 3.8) is 0 Å². The molecule has 1 unspecified atom stereocenters. The highest BCUT2D eigenvalue weighted by molar-refractivity contribution is 6.20. The first-order valence-electron chi connectivity index (χ1n) is 4.80. The molecule has 0 amide bonds. The van der Waals surface area contributed by atoms with Crippen molar-refractivity contribution >= 4 is 11.6 Å². The second-order valence-corrected chi connectivity index (χ2v) is 4.18. The lowest BCUT2D eigenvalue weighted by Crippen LogP contribution is -1.86. The van der Waals surface area contributed by atoms with Crippen molar-refractivity contribution in [3.05, 3.63) is 35.7 Å². The second kappa shape index (κ2) is 4.03. The normalized spacial score (nSPS) is 12.7. The third kappa shape index (κ3) is 2.18. The van der Waals surface area contributed by atoms with Gasteiger partial charge in [-0.1, -0.05) is 23.8 Å². The van der Waals surface area contributed by atoms with Gasteiger partial charge in [0, 0.05) is 5.56 Å². The van der Waals surface area contributed by atoms with Crippen molar-refractivity contribution in [1.29, 1.82) is 0 Å². The Morgan fingerprint density at radius 1 is 1.40 bits per heavy atom. The molecule has 2 rings (SSSR count). The number of aromatic nitrogens is 3. The highest BCUT2D eigenvalue weighted by atomic mass is 35.5. The van der Waals surface area contributed by atoms with Gasteiger partial charge in [0.25, 0.3) is 0 Å². The number of halogens is 1. The fourth-order valence-electron chi connectivity index (χ4n) is 1.37. The van der Waals surface area contributed by atoms with Gasteiger partial charge in [0.15, 0.2) is 5.82 Å². The molecule has 3 nitrogen and oxygen atoms in total. The smallest absolute Gasteiger partial charge is 0.181 e. The Labute approximate surface area is 93.5 Å². The second-order valence-electron chi connectivity index (χ2n) is 3.53. The third-order valence-electron chi connectivity index (χ3n) is 2.16. The van der Waals surface area contributed by atoms with E-state index in [2.05, 4.69) is 15.2 Å².